The van der Waals surface area contributed by atoms with Crippen LogP contribution in [0.3, 0.4) is 0 Å². The van der Waals surface area contributed by atoms with E-state index in [1.54, 1.807) is 12.1 Å². The molecule has 31 heavy (non-hydrogen) atoms. The summed E-state index contributed by atoms with van der Waals surface area (Å²) >= 11 is 3.44. The molecule has 0 atom stereocenters. The van der Waals surface area contributed by atoms with Gasteiger partial charge in [-0.15, -0.1) is 0 Å². The van der Waals surface area contributed by atoms with E-state index < -0.39 is 34.1 Å². The minimum absolute atomic E-state index is 0.0214. The fourth-order valence-electron chi connectivity index (χ4n) is 2.72. The molecule has 0 bridgehead atoms. The fraction of sp³-hybridized carbons (Fsp3) is 0.286. The summed E-state index contributed by atoms with van der Waals surface area (Å²) in [6.45, 7) is 4.61. The molecule has 166 valence electrons. The van der Waals surface area contributed by atoms with Gasteiger partial charge in [-0.1, -0.05) is 15.9 Å². The van der Waals surface area contributed by atoms with E-state index in [-0.39, 0.29) is 17.2 Å². The van der Waals surface area contributed by atoms with Crippen molar-refractivity contribution in [3.05, 3.63) is 52.0 Å². The van der Waals surface area contributed by atoms with Gasteiger partial charge in [0.25, 0.3) is 5.91 Å². The number of esters is 1. The van der Waals surface area contributed by atoms with Gasteiger partial charge in [-0.2, -0.15) is 0 Å². The van der Waals surface area contributed by atoms with Crippen LogP contribution in [0.2, 0.25) is 0 Å². The van der Waals surface area contributed by atoms with Gasteiger partial charge in [-0.05, 0) is 61.4 Å². The van der Waals surface area contributed by atoms with E-state index in [2.05, 4.69) is 26.6 Å². The van der Waals surface area contributed by atoms with Crippen molar-refractivity contribution in [3.8, 4) is 0 Å². The summed E-state index contributed by atoms with van der Waals surface area (Å²) in [4.78, 5) is 34.9. The third kappa shape index (κ3) is 7.48. The van der Waals surface area contributed by atoms with Gasteiger partial charge in [0.15, 0.2) is 16.4 Å². The fourth-order valence-corrected chi connectivity index (χ4v) is 4.17. The molecule has 0 saturated carbocycles. The SMILES string of the molecule is CC(=O)Nc1ccc(S(=O)(=O)CCC(=O)OCC(=O)Nc2cc(C)c(Br)c(C)c2)cc1. The molecule has 2 aromatic rings. The number of anilines is 2. The predicted molar refractivity (Wildman–Crippen MR) is 121 cm³/mol. The number of rotatable bonds is 8. The molecule has 8 nitrogen and oxygen atoms in total. The van der Waals surface area contributed by atoms with Gasteiger partial charge in [-0.25, -0.2) is 8.42 Å². The normalized spacial score (nSPS) is 11.0. The minimum atomic E-state index is -3.72. The Morgan fingerprint density at radius 3 is 2.10 bits per heavy atom. The van der Waals surface area contributed by atoms with Crippen molar-refractivity contribution in [2.75, 3.05) is 23.0 Å². The summed E-state index contributed by atoms with van der Waals surface area (Å²) in [5.74, 6) is -2.05. The molecule has 0 unspecified atom stereocenters. The monoisotopic (exact) mass is 510 g/mol. The molecule has 0 spiro atoms. The molecule has 0 saturated heterocycles. The average molecular weight is 511 g/mol. The summed E-state index contributed by atoms with van der Waals surface area (Å²) < 4.78 is 30.6. The second-order valence-electron chi connectivity index (χ2n) is 6.91. The number of aryl methyl sites for hydroxylation is 2. The first kappa shape index (κ1) is 24.5. The maximum absolute atomic E-state index is 12.4. The standard InChI is InChI=1S/C21H23BrN2O6S/c1-13-10-17(11-14(2)21(13)22)24-19(26)12-30-20(27)8-9-31(28,29)18-6-4-16(5-7-18)23-15(3)25/h4-7,10-11H,8-9,12H2,1-3H3,(H,23,25)(H,24,26). The Morgan fingerprint density at radius 1 is 0.968 bits per heavy atom. The van der Waals surface area contributed by atoms with Crippen LogP contribution in [-0.4, -0.2) is 38.6 Å². The van der Waals surface area contributed by atoms with Crippen LogP contribution in [0.1, 0.15) is 24.5 Å². The van der Waals surface area contributed by atoms with E-state index in [1.807, 2.05) is 13.8 Å². The van der Waals surface area contributed by atoms with Crippen molar-refractivity contribution in [2.45, 2.75) is 32.1 Å². The lowest BCUT2D eigenvalue weighted by molar-refractivity contribution is -0.146. The second-order valence-corrected chi connectivity index (χ2v) is 9.81. The number of amides is 2. The Kier molecular flexibility index (Phi) is 8.35. The smallest absolute Gasteiger partial charge is 0.307 e. The quantitative estimate of drug-likeness (QED) is 0.525. The number of halogens is 1. The lowest BCUT2D eigenvalue weighted by Gasteiger charge is -2.10. The van der Waals surface area contributed by atoms with E-state index in [9.17, 15) is 22.8 Å². The highest BCUT2D eigenvalue weighted by Gasteiger charge is 2.18. The highest BCUT2D eigenvalue weighted by atomic mass is 79.9. The summed E-state index contributed by atoms with van der Waals surface area (Å²) in [6, 6.07) is 9.18. The Bertz CT molecular complexity index is 1070. The topological polar surface area (TPSA) is 119 Å². The van der Waals surface area contributed by atoms with Gasteiger partial charge < -0.3 is 15.4 Å². The number of hydrogen-bond donors (Lipinski definition) is 2. The average Bonchev–Trinajstić information content (AvgIpc) is 2.69. The van der Waals surface area contributed by atoms with E-state index in [4.69, 9.17) is 4.74 Å². The number of sulfone groups is 1. The Hall–Kier alpha value is -2.72. The van der Waals surface area contributed by atoms with Crippen molar-refractivity contribution in [2.24, 2.45) is 0 Å². The third-order valence-corrected chi connectivity index (χ3v) is 7.18. The van der Waals surface area contributed by atoms with Crippen molar-refractivity contribution < 1.29 is 27.5 Å². The van der Waals surface area contributed by atoms with Crippen LogP contribution in [0.4, 0.5) is 11.4 Å². The summed E-state index contributed by atoms with van der Waals surface area (Å²) in [6.07, 6.45) is -0.389. The predicted octanol–water partition coefficient (Wildman–Crippen LogP) is 3.37. The van der Waals surface area contributed by atoms with Crippen molar-refractivity contribution in [1.29, 1.82) is 0 Å². The molecular weight excluding hydrogens is 488 g/mol. The number of carbonyl (C=O) groups excluding carboxylic acids is 3. The van der Waals surface area contributed by atoms with Crippen LogP contribution in [0.5, 0.6) is 0 Å². The first-order valence-corrected chi connectivity index (χ1v) is 11.7. The lowest BCUT2D eigenvalue weighted by Crippen LogP contribution is -2.22. The van der Waals surface area contributed by atoms with Crippen molar-refractivity contribution in [3.63, 3.8) is 0 Å². The van der Waals surface area contributed by atoms with Gasteiger partial charge in [0, 0.05) is 22.8 Å². The van der Waals surface area contributed by atoms with Gasteiger partial charge in [0.1, 0.15) is 0 Å². The molecular formula is C21H23BrN2O6S. The molecule has 2 amide bonds. The van der Waals surface area contributed by atoms with Crippen LogP contribution in [0, 0.1) is 13.8 Å². The molecule has 2 N–H and O–H groups in total. The third-order valence-electron chi connectivity index (χ3n) is 4.19. The van der Waals surface area contributed by atoms with Crippen molar-refractivity contribution >= 4 is 54.9 Å². The van der Waals surface area contributed by atoms with E-state index in [1.165, 1.54) is 31.2 Å². The number of benzene rings is 2. The molecule has 0 heterocycles. The molecule has 0 aromatic heterocycles. The zero-order valence-corrected chi connectivity index (χ0v) is 19.7. The molecule has 2 rings (SSSR count). The maximum Gasteiger partial charge on any atom is 0.307 e. The zero-order valence-electron chi connectivity index (χ0n) is 17.3. The number of nitrogens with one attached hydrogen (secondary N) is 2. The molecule has 0 aliphatic carbocycles. The van der Waals surface area contributed by atoms with Crippen LogP contribution in [-0.2, 0) is 29.0 Å². The summed E-state index contributed by atoms with van der Waals surface area (Å²) in [5.41, 5.74) is 2.93. The zero-order chi connectivity index (χ0) is 23.2. The molecule has 0 fully saturated rings. The van der Waals surface area contributed by atoms with Crippen molar-refractivity contribution in [1.82, 2.24) is 0 Å². The van der Waals surface area contributed by atoms with Gasteiger partial charge in [0.2, 0.25) is 5.91 Å². The second kappa shape index (κ2) is 10.5. The lowest BCUT2D eigenvalue weighted by atomic mass is 10.1. The number of carbonyl (C=O) groups is 3. The van der Waals surface area contributed by atoms with Crippen LogP contribution in [0.25, 0.3) is 0 Å². The van der Waals surface area contributed by atoms with Crippen LogP contribution >= 0.6 is 15.9 Å². The summed E-state index contributed by atoms with van der Waals surface area (Å²) in [7, 11) is -3.72. The van der Waals surface area contributed by atoms with E-state index in [0.717, 1.165) is 15.6 Å². The Balaban J connectivity index is 1.84. The van der Waals surface area contributed by atoms with Gasteiger partial charge in [-0.3, -0.25) is 14.4 Å². The Labute approximate surface area is 189 Å². The minimum Gasteiger partial charge on any atom is -0.456 e. The number of ether oxygens (including phenoxy) is 1. The maximum atomic E-state index is 12.4. The molecule has 0 radical (unpaired) electrons. The number of hydrogen-bond acceptors (Lipinski definition) is 6. The first-order valence-electron chi connectivity index (χ1n) is 9.30. The molecule has 0 aliphatic heterocycles. The summed E-state index contributed by atoms with van der Waals surface area (Å²) in [5, 5.41) is 5.18. The Morgan fingerprint density at radius 2 is 1.55 bits per heavy atom. The van der Waals surface area contributed by atoms with Crippen LogP contribution in [0.15, 0.2) is 45.8 Å². The largest absolute Gasteiger partial charge is 0.456 e. The highest BCUT2D eigenvalue weighted by molar-refractivity contribution is 9.10. The molecule has 10 heteroatoms. The van der Waals surface area contributed by atoms with E-state index in [0.29, 0.717) is 11.4 Å². The molecule has 0 aliphatic rings. The van der Waals surface area contributed by atoms with Gasteiger partial charge >= 0.3 is 5.97 Å². The van der Waals surface area contributed by atoms with Crippen LogP contribution < -0.4 is 10.6 Å². The highest BCUT2D eigenvalue weighted by Crippen LogP contribution is 2.25. The molecule has 2 aromatic carbocycles. The first-order chi connectivity index (χ1) is 14.5. The van der Waals surface area contributed by atoms with Gasteiger partial charge in [0.05, 0.1) is 17.1 Å². The van der Waals surface area contributed by atoms with E-state index >= 15 is 0 Å².